The summed E-state index contributed by atoms with van der Waals surface area (Å²) in [6.45, 7) is 6.72. The lowest BCUT2D eigenvalue weighted by molar-refractivity contribution is 0.514. The molecule has 0 N–H and O–H groups in total. The van der Waals surface area contributed by atoms with Crippen LogP contribution in [0.5, 0.6) is 0 Å². The minimum atomic E-state index is -2.06. The van der Waals surface area contributed by atoms with Crippen molar-refractivity contribution in [3.05, 3.63) is 108 Å². The molecule has 0 aromatic heterocycles. The fourth-order valence-corrected chi connectivity index (χ4v) is 5.03. The molecule has 3 aromatic carbocycles. The second kappa shape index (κ2) is 8.20. The first-order valence-electron chi connectivity index (χ1n) is 9.10. The van der Waals surface area contributed by atoms with Crippen LogP contribution in [-0.2, 0) is 10.8 Å². The molecule has 1 nitrogen and oxygen atoms in total. The fraction of sp³-hybridized carbons (Fsp3) is 0.167. The second-order valence-electron chi connectivity index (χ2n) is 7.12. The van der Waals surface area contributed by atoms with Gasteiger partial charge in [0.1, 0.15) is 5.76 Å². The largest absolute Gasteiger partial charge is 0.539 e. The van der Waals surface area contributed by atoms with Gasteiger partial charge in [-0.1, -0.05) is 91.0 Å². The van der Waals surface area contributed by atoms with Crippen molar-refractivity contribution < 1.29 is 4.43 Å². The Hall–Kier alpha value is -2.58. The molecule has 0 saturated carbocycles. The van der Waals surface area contributed by atoms with E-state index in [0.717, 1.165) is 17.7 Å². The van der Waals surface area contributed by atoms with E-state index in [1.165, 1.54) is 16.3 Å². The summed E-state index contributed by atoms with van der Waals surface area (Å²) in [5, 5.41) is 1.31. The third-order valence-electron chi connectivity index (χ3n) is 4.56. The first-order valence-corrected chi connectivity index (χ1v) is 12.0. The number of hydrogen-bond acceptors (Lipinski definition) is 1. The number of hydrogen-bond donors (Lipinski definition) is 0. The van der Waals surface area contributed by atoms with Gasteiger partial charge in [-0.25, -0.2) is 0 Å². The topological polar surface area (TPSA) is 9.23 Å². The van der Waals surface area contributed by atoms with Crippen LogP contribution >= 0.6 is 0 Å². The highest BCUT2D eigenvalue weighted by atomic mass is 28.4. The molecule has 0 radical (unpaired) electrons. The lowest BCUT2D eigenvalue weighted by atomic mass is 10.0. The van der Waals surface area contributed by atoms with Crippen molar-refractivity contribution in [3.8, 4) is 0 Å². The number of rotatable bonds is 6. The van der Waals surface area contributed by atoms with Gasteiger partial charge in [0.15, 0.2) is 0 Å². The Morgan fingerprint density at radius 2 is 1.23 bits per heavy atom. The van der Waals surface area contributed by atoms with Gasteiger partial charge in [-0.2, -0.15) is 0 Å². The highest BCUT2D eigenvalue weighted by molar-refractivity contribution is 6.85. The van der Waals surface area contributed by atoms with Crippen molar-refractivity contribution in [2.45, 2.75) is 26.4 Å². The molecule has 0 aliphatic carbocycles. The molecular weight excluding hydrogens is 332 g/mol. The molecule has 0 spiro atoms. The molecule has 0 heterocycles. The third-order valence-corrected chi connectivity index (χ3v) is 7.00. The fourth-order valence-electron chi connectivity index (χ4n) is 3.12. The second-order valence-corrected chi connectivity index (χ2v) is 10.9. The number of allylic oxidation sites excluding steroid dienone is 1. The minimum Gasteiger partial charge on any atom is -0.539 e. The van der Waals surface area contributed by atoms with Crippen LogP contribution in [0.1, 0.15) is 18.1 Å². The summed E-state index contributed by atoms with van der Waals surface area (Å²) >= 11 is 0. The Kier molecular flexibility index (Phi) is 5.74. The van der Waals surface area contributed by atoms with E-state index >= 15 is 0 Å². The van der Waals surface area contributed by atoms with Crippen LogP contribution in [0, 0.1) is 0 Å². The maximum absolute atomic E-state index is 6.76. The van der Waals surface area contributed by atoms with E-state index in [4.69, 9.17) is 4.43 Å². The van der Waals surface area contributed by atoms with Crippen LogP contribution < -0.4 is 5.19 Å². The van der Waals surface area contributed by atoms with E-state index in [1.807, 2.05) is 6.07 Å². The SMILES string of the molecule is C/C(Cc1ccccc1)=C(/O[Si](C)(C)c1ccccc1)c1ccccc1. The van der Waals surface area contributed by atoms with Gasteiger partial charge < -0.3 is 4.43 Å². The van der Waals surface area contributed by atoms with Crippen molar-refractivity contribution in [1.82, 2.24) is 0 Å². The smallest absolute Gasteiger partial charge is 0.276 e. The third kappa shape index (κ3) is 4.53. The molecule has 2 heteroatoms. The Morgan fingerprint density at radius 3 is 1.81 bits per heavy atom. The zero-order valence-corrected chi connectivity index (χ0v) is 16.8. The van der Waals surface area contributed by atoms with Crippen molar-refractivity contribution in [2.75, 3.05) is 0 Å². The predicted molar refractivity (Wildman–Crippen MR) is 114 cm³/mol. The van der Waals surface area contributed by atoms with E-state index < -0.39 is 8.32 Å². The summed E-state index contributed by atoms with van der Waals surface area (Å²) in [4.78, 5) is 0. The van der Waals surface area contributed by atoms with E-state index in [-0.39, 0.29) is 0 Å². The lowest BCUT2D eigenvalue weighted by Crippen LogP contribution is -2.44. The maximum Gasteiger partial charge on any atom is 0.276 e. The van der Waals surface area contributed by atoms with Crippen LogP contribution in [0.15, 0.2) is 96.6 Å². The zero-order valence-electron chi connectivity index (χ0n) is 15.8. The molecule has 0 aliphatic rings. The lowest BCUT2D eigenvalue weighted by Gasteiger charge is -2.28. The molecule has 0 saturated heterocycles. The molecule has 3 rings (SSSR count). The summed E-state index contributed by atoms with van der Waals surface area (Å²) in [5.41, 5.74) is 3.72. The normalized spacial score (nSPS) is 12.4. The summed E-state index contributed by atoms with van der Waals surface area (Å²) < 4.78 is 6.76. The van der Waals surface area contributed by atoms with Gasteiger partial charge in [0.25, 0.3) is 8.32 Å². The molecule has 0 amide bonds. The highest BCUT2D eigenvalue weighted by Crippen LogP contribution is 2.26. The van der Waals surface area contributed by atoms with Crippen LogP contribution in [-0.4, -0.2) is 8.32 Å². The van der Waals surface area contributed by atoms with Crippen molar-refractivity contribution in [3.63, 3.8) is 0 Å². The zero-order chi connectivity index (χ0) is 18.4. The van der Waals surface area contributed by atoms with E-state index in [2.05, 4.69) is 105 Å². The Labute approximate surface area is 158 Å². The molecule has 0 unspecified atom stereocenters. The van der Waals surface area contributed by atoms with Crippen molar-refractivity contribution >= 4 is 19.3 Å². The molecule has 26 heavy (non-hydrogen) atoms. The standard InChI is InChI=1S/C24H26OSi/c1-20(19-21-13-7-4-8-14-21)24(22-15-9-5-10-16-22)25-26(2,3)23-17-11-6-12-18-23/h4-18H,19H2,1-3H3/b24-20-. The number of benzene rings is 3. The minimum absolute atomic E-state index is 0.893. The Morgan fingerprint density at radius 1 is 0.731 bits per heavy atom. The van der Waals surface area contributed by atoms with Crippen molar-refractivity contribution in [2.24, 2.45) is 0 Å². The van der Waals surface area contributed by atoms with Gasteiger partial charge in [0.05, 0.1) is 0 Å². The summed E-state index contributed by atoms with van der Waals surface area (Å²) in [6, 6.07) is 31.7. The Bertz CT molecular complexity index is 852. The molecule has 0 atom stereocenters. The van der Waals surface area contributed by atoms with Crippen LogP contribution in [0.2, 0.25) is 13.1 Å². The predicted octanol–water partition coefficient (Wildman–Crippen LogP) is 5.79. The average Bonchev–Trinajstić information content (AvgIpc) is 2.68. The van der Waals surface area contributed by atoms with Gasteiger partial charge >= 0.3 is 0 Å². The Balaban J connectivity index is 1.97. The van der Waals surface area contributed by atoms with Gasteiger partial charge in [-0.15, -0.1) is 0 Å². The molecular formula is C24H26OSi. The molecule has 0 bridgehead atoms. The van der Waals surface area contributed by atoms with Gasteiger partial charge in [-0.3, -0.25) is 0 Å². The quantitative estimate of drug-likeness (QED) is 0.400. The van der Waals surface area contributed by atoms with Gasteiger partial charge in [-0.05, 0) is 42.8 Å². The molecule has 0 aliphatic heterocycles. The maximum atomic E-state index is 6.76. The van der Waals surface area contributed by atoms with Crippen LogP contribution in [0.4, 0.5) is 0 Å². The van der Waals surface area contributed by atoms with E-state index in [9.17, 15) is 0 Å². The molecule has 3 aromatic rings. The molecule has 0 fully saturated rings. The van der Waals surface area contributed by atoms with Gasteiger partial charge in [0, 0.05) is 5.56 Å². The average molecular weight is 359 g/mol. The summed E-state index contributed by atoms with van der Waals surface area (Å²) in [6.07, 6.45) is 0.893. The summed E-state index contributed by atoms with van der Waals surface area (Å²) in [5.74, 6) is 1.02. The summed E-state index contributed by atoms with van der Waals surface area (Å²) in [7, 11) is -2.06. The first kappa shape index (κ1) is 18.2. The first-order chi connectivity index (χ1) is 12.6. The van der Waals surface area contributed by atoms with Crippen molar-refractivity contribution in [1.29, 1.82) is 0 Å². The van der Waals surface area contributed by atoms with E-state index in [1.54, 1.807) is 0 Å². The van der Waals surface area contributed by atoms with E-state index in [0.29, 0.717) is 0 Å². The monoisotopic (exact) mass is 358 g/mol. The molecule has 132 valence electrons. The highest BCUT2D eigenvalue weighted by Gasteiger charge is 2.29. The van der Waals surface area contributed by atoms with Gasteiger partial charge in [0.2, 0.25) is 0 Å². The van der Waals surface area contributed by atoms with Crippen LogP contribution in [0.3, 0.4) is 0 Å². The van der Waals surface area contributed by atoms with Crippen LogP contribution in [0.25, 0.3) is 5.76 Å².